The van der Waals surface area contributed by atoms with Crippen LogP contribution in [0, 0.1) is 0 Å². The van der Waals surface area contributed by atoms with Crippen LogP contribution in [0.5, 0.6) is 0 Å². The summed E-state index contributed by atoms with van der Waals surface area (Å²) in [6, 6.07) is 14.1. The van der Waals surface area contributed by atoms with Crippen LogP contribution in [-0.4, -0.2) is 33.5 Å². The summed E-state index contributed by atoms with van der Waals surface area (Å²) in [6.07, 6.45) is 0. The van der Waals surface area contributed by atoms with Gasteiger partial charge in [-0.05, 0) is 24.3 Å². The summed E-state index contributed by atoms with van der Waals surface area (Å²) in [5.41, 5.74) is 2.69. The number of imidazole rings is 1. The maximum atomic E-state index is 11.2. The van der Waals surface area contributed by atoms with E-state index in [0.717, 1.165) is 22.4 Å². The van der Waals surface area contributed by atoms with Gasteiger partial charge in [-0.1, -0.05) is 24.3 Å². The number of para-hydroxylation sites is 2. The highest BCUT2D eigenvalue weighted by Crippen LogP contribution is 2.23. The second kappa shape index (κ2) is 4.72. The van der Waals surface area contributed by atoms with Gasteiger partial charge >= 0.3 is 16.5 Å². The quantitative estimate of drug-likeness (QED) is 0.724. The molecule has 0 aliphatic rings. The molecule has 98 valence electrons. The van der Waals surface area contributed by atoms with Crippen LogP contribution in [0.25, 0.3) is 22.4 Å². The van der Waals surface area contributed by atoms with Gasteiger partial charge in [0.15, 0.2) is 0 Å². The van der Waals surface area contributed by atoms with Crippen molar-refractivity contribution in [1.29, 1.82) is 0 Å². The SMILES string of the molecule is NS(=O)(=O)c1ccc(-c2nc3ccccc3[n]2[Al])cc1. The number of benzene rings is 2. The van der Waals surface area contributed by atoms with Crippen molar-refractivity contribution < 1.29 is 8.42 Å². The van der Waals surface area contributed by atoms with Crippen molar-refractivity contribution in [3.05, 3.63) is 48.5 Å². The molecular formula is C13H10AlN3O2S. The van der Waals surface area contributed by atoms with Gasteiger partial charge < -0.3 is 3.55 Å². The Hall–Kier alpha value is -1.65. The number of aromatic nitrogens is 2. The predicted molar refractivity (Wildman–Crippen MR) is 77.7 cm³/mol. The van der Waals surface area contributed by atoms with Crippen LogP contribution >= 0.6 is 0 Å². The molecule has 0 aliphatic heterocycles. The Bertz CT molecular complexity index is 886. The number of sulfonamides is 1. The normalized spacial score (nSPS) is 11.8. The van der Waals surface area contributed by atoms with Crippen molar-refractivity contribution in [3.63, 3.8) is 0 Å². The molecule has 0 spiro atoms. The molecule has 3 aromatic rings. The average molecular weight is 299 g/mol. The molecular weight excluding hydrogens is 289 g/mol. The van der Waals surface area contributed by atoms with E-state index in [1.807, 2.05) is 27.8 Å². The zero-order chi connectivity index (χ0) is 14.3. The van der Waals surface area contributed by atoms with Gasteiger partial charge in [0, 0.05) is 11.1 Å². The first-order valence-corrected chi connectivity index (χ1v) is 7.89. The lowest BCUT2D eigenvalue weighted by Gasteiger charge is -2.05. The van der Waals surface area contributed by atoms with Crippen molar-refractivity contribution in [1.82, 2.24) is 8.53 Å². The van der Waals surface area contributed by atoms with Crippen LogP contribution in [0.15, 0.2) is 53.4 Å². The molecule has 0 amide bonds. The minimum absolute atomic E-state index is 0.0904. The molecule has 0 fully saturated rings. The van der Waals surface area contributed by atoms with E-state index in [2.05, 4.69) is 21.5 Å². The van der Waals surface area contributed by atoms with Gasteiger partial charge in [0.25, 0.3) is 0 Å². The predicted octanol–water partition coefficient (Wildman–Crippen LogP) is 1.28. The molecule has 7 heteroatoms. The summed E-state index contributed by atoms with van der Waals surface area (Å²) in [4.78, 5) is 4.63. The first-order chi connectivity index (χ1) is 9.47. The lowest BCUT2D eigenvalue weighted by Crippen LogP contribution is -2.11. The summed E-state index contributed by atoms with van der Waals surface area (Å²) in [6.45, 7) is 0. The highest BCUT2D eigenvalue weighted by molar-refractivity contribution is 7.89. The zero-order valence-corrected chi connectivity index (χ0v) is 12.4. The largest absolute Gasteiger partial charge is 0.436 e. The van der Waals surface area contributed by atoms with E-state index in [-0.39, 0.29) is 4.90 Å². The fourth-order valence-electron chi connectivity index (χ4n) is 2.04. The Kier molecular flexibility index (Phi) is 3.15. The van der Waals surface area contributed by atoms with Crippen molar-refractivity contribution in [2.75, 3.05) is 0 Å². The third-order valence-electron chi connectivity index (χ3n) is 3.04. The molecule has 2 N–H and O–H groups in total. The van der Waals surface area contributed by atoms with E-state index < -0.39 is 10.0 Å². The highest BCUT2D eigenvalue weighted by Gasteiger charge is 2.11. The standard InChI is InChI=1S/C13H10N3O2S.Al/c14-19(17,18)10-7-5-9(6-8-10)13-15-11-3-1-2-4-12(11)16-13;/h1-8H,(H2-,14,15,16,17,18);/q-1;+1. The van der Waals surface area contributed by atoms with Crippen LogP contribution < -0.4 is 5.14 Å². The monoisotopic (exact) mass is 299 g/mol. The third-order valence-corrected chi connectivity index (χ3v) is 4.49. The zero-order valence-electron chi connectivity index (χ0n) is 10.4. The van der Waals surface area contributed by atoms with E-state index in [9.17, 15) is 8.42 Å². The second-order valence-electron chi connectivity index (χ2n) is 4.36. The molecule has 5 nitrogen and oxygen atoms in total. The second-order valence-corrected chi connectivity index (χ2v) is 6.44. The molecule has 3 rings (SSSR count). The maximum Gasteiger partial charge on any atom is 0.320 e. The van der Waals surface area contributed by atoms with Crippen LogP contribution in [0.4, 0.5) is 0 Å². The van der Waals surface area contributed by atoms with E-state index in [4.69, 9.17) is 5.14 Å². The minimum Gasteiger partial charge on any atom is -0.436 e. The molecule has 0 bridgehead atoms. The van der Waals surface area contributed by atoms with Gasteiger partial charge in [-0.25, -0.2) is 18.5 Å². The van der Waals surface area contributed by atoms with Gasteiger partial charge in [0.05, 0.1) is 10.4 Å². The Morgan fingerprint density at radius 2 is 1.70 bits per heavy atom. The number of fused-ring (bicyclic) bond motifs is 1. The number of hydrogen-bond donors (Lipinski definition) is 1. The first kappa shape index (κ1) is 13.3. The topological polar surface area (TPSA) is 78.0 Å². The Morgan fingerprint density at radius 3 is 2.30 bits per heavy atom. The fraction of sp³-hybridized carbons (Fsp3) is 0. The van der Waals surface area contributed by atoms with Gasteiger partial charge in [-0.2, -0.15) is 0 Å². The van der Waals surface area contributed by atoms with Gasteiger partial charge in [-0.15, -0.1) is 0 Å². The highest BCUT2D eigenvalue weighted by atomic mass is 32.2. The number of hydrogen-bond acceptors (Lipinski definition) is 3. The van der Waals surface area contributed by atoms with Crippen LogP contribution in [0.1, 0.15) is 0 Å². The molecule has 0 saturated heterocycles. The van der Waals surface area contributed by atoms with Crippen molar-refractivity contribution in [2.45, 2.75) is 4.90 Å². The molecule has 2 radical (unpaired) electrons. The Balaban J connectivity index is 2.14. The summed E-state index contributed by atoms with van der Waals surface area (Å²) in [5, 5.41) is 5.08. The third kappa shape index (κ3) is 2.25. The summed E-state index contributed by atoms with van der Waals surface area (Å²) in [7, 11) is -3.67. The van der Waals surface area contributed by atoms with E-state index >= 15 is 0 Å². The number of nitrogens with zero attached hydrogens (tertiary/aromatic N) is 2. The minimum atomic E-state index is -3.67. The molecule has 0 aliphatic carbocycles. The number of rotatable bonds is 2. The number of nitrogens with two attached hydrogens (primary N) is 1. The molecule has 2 aromatic carbocycles. The lowest BCUT2D eigenvalue weighted by molar-refractivity contribution is 0.598. The van der Waals surface area contributed by atoms with Crippen molar-refractivity contribution >= 4 is 37.6 Å². The van der Waals surface area contributed by atoms with E-state index in [1.54, 1.807) is 12.1 Å². The van der Waals surface area contributed by atoms with Crippen LogP contribution in [-0.2, 0) is 10.0 Å². The van der Waals surface area contributed by atoms with Gasteiger partial charge in [-0.3, -0.25) is 0 Å². The number of primary sulfonamides is 1. The lowest BCUT2D eigenvalue weighted by atomic mass is 10.2. The summed E-state index contributed by atoms with van der Waals surface area (Å²) < 4.78 is 24.4. The van der Waals surface area contributed by atoms with Crippen LogP contribution in [0.2, 0.25) is 0 Å². The van der Waals surface area contributed by atoms with Gasteiger partial charge in [0.2, 0.25) is 10.0 Å². The average Bonchev–Trinajstić information content (AvgIpc) is 2.76. The molecule has 0 unspecified atom stereocenters. The Labute approximate surface area is 124 Å². The fourth-order valence-corrected chi connectivity index (χ4v) is 2.98. The molecule has 20 heavy (non-hydrogen) atoms. The molecule has 1 aromatic heterocycles. The van der Waals surface area contributed by atoms with Crippen LogP contribution in [0.3, 0.4) is 0 Å². The maximum absolute atomic E-state index is 11.2. The smallest absolute Gasteiger partial charge is 0.320 e. The van der Waals surface area contributed by atoms with E-state index in [0.29, 0.717) is 0 Å². The first-order valence-electron chi connectivity index (χ1n) is 5.82. The Morgan fingerprint density at radius 1 is 1.05 bits per heavy atom. The molecule has 0 saturated carbocycles. The molecule has 0 atom stereocenters. The van der Waals surface area contributed by atoms with Crippen molar-refractivity contribution in [2.24, 2.45) is 5.14 Å². The summed E-state index contributed by atoms with van der Waals surface area (Å²) >= 11 is 2.61. The van der Waals surface area contributed by atoms with Gasteiger partial charge in [0.1, 0.15) is 5.82 Å². The molecule has 1 heterocycles. The summed E-state index contributed by atoms with van der Waals surface area (Å²) in [5.74, 6) is 0.747. The van der Waals surface area contributed by atoms with Crippen molar-refractivity contribution in [3.8, 4) is 11.4 Å². The van der Waals surface area contributed by atoms with E-state index in [1.165, 1.54) is 12.1 Å².